The van der Waals surface area contributed by atoms with Crippen molar-refractivity contribution in [2.45, 2.75) is 90.6 Å². The second-order valence-corrected chi connectivity index (χ2v) is 9.47. The third kappa shape index (κ3) is 17.3. The Morgan fingerprint density at radius 1 is 0.920 bits per heavy atom. The van der Waals surface area contributed by atoms with Crippen LogP contribution in [0.3, 0.4) is 0 Å². The van der Waals surface area contributed by atoms with Gasteiger partial charge in [-0.15, -0.1) is 0 Å². The molecule has 0 aromatic carbocycles. The minimum absolute atomic E-state index is 0.190. The molecule has 0 aliphatic rings. The number of hydrogen-bond acceptors (Lipinski definition) is 3. The first-order valence-electron chi connectivity index (χ1n) is 10.2. The highest BCUT2D eigenvalue weighted by Gasteiger charge is 2.26. The molecule has 1 N–H and O–H groups in total. The van der Waals surface area contributed by atoms with E-state index in [2.05, 4.69) is 6.92 Å². The highest BCUT2D eigenvalue weighted by molar-refractivity contribution is 7.47. The van der Waals surface area contributed by atoms with E-state index in [1.54, 1.807) is 0 Å². The summed E-state index contributed by atoms with van der Waals surface area (Å²) in [6.45, 7) is 5.13. The predicted octanol–water partition coefficient (Wildman–Crippen LogP) is 5.53. The Labute approximate surface area is 156 Å². The van der Waals surface area contributed by atoms with Gasteiger partial charge in [-0.3, -0.25) is 9.05 Å². The van der Waals surface area contributed by atoms with E-state index in [1.807, 2.05) is 28.1 Å². The van der Waals surface area contributed by atoms with Crippen LogP contribution in [-0.4, -0.2) is 49.8 Å². The largest absolute Gasteiger partial charge is 0.472 e. The monoisotopic (exact) mass is 380 g/mol. The molecular weight excluding hydrogens is 337 g/mol. The van der Waals surface area contributed by atoms with Gasteiger partial charge in [-0.2, -0.15) is 0 Å². The molecule has 0 aliphatic carbocycles. The van der Waals surface area contributed by atoms with Crippen LogP contribution in [0.15, 0.2) is 0 Å². The molecule has 0 aliphatic heterocycles. The topological polar surface area (TPSA) is 55.8 Å². The second kappa shape index (κ2) is 14.2. The Bertz CT molecular complexity index is 358. The summed E-state index contributed by atoms with van der Waals surface area (Å²) in [5, 5.41) is 0. The normalized spacial score (nSPS) is 15.9. The van der Waals surface area contributed by atoms with Gasteiger partial charge in [0.1, 0.15) is 13.2 Å². The second-order valence-electron chi connectivity index (χ2n) is 8.07. The molecule has 6 heteroatoms. The maximum atomic E-state index is 12.0. The van der Waals surface area contributed by atoms with Crippen molar-refractivity contribution < 1.29 is 23.0 Å². The standard InChI is InChI=1S/C19H42NO4P/c1-6-8-9-10-11-12-13-14-15-16-19(7-2)24-25(21,22)23-18-17-20(3,4)5/h19H,6-18H2,1-5H3/p+1. The van der Waals surface area contributed by atoms with Crippen molar-refractivity contribution in [2.24, 2.45) is 0 Å². The predicted molar refractivity (Wildman–Crippen MR) is 106 cm³/mol. The van der Waals surface area contributed by atoms with E-state index in [1.165, 1.54) is 51.4 Å². The number of nitrogens with zero attached hydrogens (tertiary/aromatic N) is 1. The van der Waals surface area contributed by atoms with Crippen molar-refractivity contribution >= 4 is 7.82 Å². The Hall–Kier alpha value is 0.0700. The summed E-state index contributed by atoms with van der Waals surface area (Å²) in [6, 6.07) is 0. The van der Waals surface area contributed by atoms with Crippen molar-refractivity contribution in [2.75, 3.05) is 34.3 Å². The van der Waals surface area contributed by atoms with Gasteiger partial charge in [0.15, 0.2) is 0 Å². The average molecular weight is 381 g/mol. The van der Waals surface area contributed by atoms with Gasteiger partial charge in [-0.05, 0) is 12.8 Å². The zero-order chi connectivity index (χ0) is 19.2. The Kier molecular flexibility index (Phi) is 14.2. The van der Waals surface area contributed by atoms with E-state index in [4.69, 9.17) is 9.05 Å². The number of phosphoric ester groups is 1. The van der Waals surface area contributed by atoms with Crippen molar-refractivity contribution in [1.82, 2.24) is 0 Å². The minimum atomic E-state index is -3.94. The molecule has 2 unspecified atom stereocenters. The lowest BCUT2D eigenvalue weighted by Gasteiger charge is -2.25. The molecule has 152 valence electrons. The van der Waals surface area contributed by atoms with Gasteiger partial charge < -0.3 is 9.38 Å². The molecule has 0 radical (unpaired) electrons. The Balaban J connectivity index is 3.80. The zero-order valence-corrected chi connectivity index (χ0v) is 18.2. The van der Waals surface area contributed by atoms with Crippen LogP contribution in [0.1, 0.15) is 84.5 Å². The van der Waals surface area contributed by atoms with Gasteiger partial charge >= 0.3 is 7.82 Å². The van der Waals surface area contributed by atoms with E-state index in [0.717, 1.165) is 19.3 Å². The molecule has 0 fully saturated rings. The fourth-order valence-electron chi connectivity index (χ4n) is 2.66. The summed E-state index contributed by atoms with van der Waals surface area (Å²) in [5.41, 5.74) is 0. The highest BCUT2D eigenvalue weighted by atomic mass is 31.2. The highest BCUT2D eigenvalue weighted by Crippen LogP contribution is 2.45. The molecule has 5 nitrogen and oxygen atoms in total. The number of hydrogen-bond donors (Lipinski definition) is 1. The molecule has 2 atom stereocenters. The SMILES string of the molecule is CCCCCCCCCCCC(CC)OP(=O)(O)OCC[N+](C)(C)C. The number of unbranched alkanes of at least 4 members (excludes halogenated alkanes) is 8. The Morgan fingerprint density at radius 3 is 1.92 bits per heavy atom. The van der Waals surface area contributed by atoms with Crippen molar-refractivity contribution in [1.29, 1.82) is 0 Å². The fourth-order valence-corrected chi connectivity index (χ4v) is 3.67. The quantitative estimate of drug-likeness (QED) is 0.205. The van der Waals surface area contributed by atoms with E-state index in [0.29, 0.717) is 11.0 Å². The smallest absolute Gasteiger partial charge is 0.329 e. The maximum Gasteiger partial charge on any atom is 0.472 e. The maximum absolute atomic E-state index is 12.0. The van der Waals surface area contributed by atoms with Gasteiger partial charge in [0.25, 0.3) is 0 Å². The molecule has 25 heavy (non-hydrogen) atoms. The first kappa shape index (κ1) is 25.1. The first-order valence-corrected chi connectivity index (χ1v) is 11.7. The lowest BCUT2D eigenvalue weighted by atomic mass is 10.0. The van der Waals surface area contributed by atoms with Gasteiger partial charge in [0.2, 0.25) is 0 Å². The number of phosphoric acid groups is 1. The van der Waals surface area contributed by atoms with Crippen LogP contribution in [0.2, 0.25) is 0 Å². The van der Waals surface area contributed by atoms with Crippen LogP contribution in [0.4, 0.5) is 0 Å². The van der Waals surface area contributed by atoms with E-state index >= 15 is 0 Å². The van der Waals surface area contributed by atoms with Crippen LogP contribution < -0.4 is 0 Å². The molecule has 0 aromatic heterocycles. The van der Waals surface area contributed by atoms with Gasteiger partial charge in [-0.25, -0.2) is 4.57 Å². The number of rotatable bonds is 17. The van der Waals surface area contributed by atoms with Crippen LogP contribution in [0, 0.1) is 0 Å². The van der Waals surface area contributed by atoms with E-state index in [-0.39, 0.29) is 12.7 Å². The summed E-state index contributed by atoms with van der Waals surface area (Å²) in [4.78, 5) is 9.86. The van der Waals surface area contributed by atoms with Crippen molar-refractivity contribution in [3.63, 3.8) is 0 Å². The Morgan fingerprint density at radius 2 is 1.44 bits per heavy atom. The summed E-state index contributed by atoms with van der Waals surface area (Å²) >= 11 is 0. The van der Waals surface area contributed by atoms with Gasteiger partial charge in [0.05, 0.1) is 27.2 Å². The summed E-state index contributed by atoms with van der Waals surface area (Å²) < 4.78 is 23.2. The van der Waals surface area contributed by atoms with Crippen molar-refractivity contribution in [3.8, 4) is 0 Å². The van der Waals surface area contributed by atoms with Crippen molar-refractivity contribution in [3.05, 3.63) is 0 Å². The molecule has 0 bridgehead atoms. The third-order valence-corrected chi connectivity index (χ3v) is 5.46. The molecule has 0 amide bonds. The van der Waals surface area contributed by atoms with E-state index < -0.39 is 7.82 Å². The fraction of sp³-hybridized carbons (Fsp3) is 1.00. The molecule has 0 spiro atoms. The third-order valence-electron chi connectivity index (χ3n) is 4.38. The molecule has 0 aromatic rings. The molecule has 0 saturated carbocycles. The van der Waals surface area contributed by atoms with Gasteiger partial charge in [-0.1, -0.05) is 71.6 Å². The number of quaternary nitrogens is 1. The molecule has 0 rings (SSSR count). The zero-order valence-electron chi connectivity index (χ0n) is 17.3. The summed E-state index contributed by atoms with van der Waals surface area (Å²) in [6.07, 6.45) is 12.8. The van der Waals surface area contributed by atoms with Gasteiger partial charge in [0, 0.05) is 0 Å². The van der Waals surface area contributed by atoms with E-state index in [9.17, 15) is 9.46 Å². The molecular formula is C19H43NO4P+. The lowest BCUT2D eigenvalue weighted by molar-refractivity contribution is -0.870. The van der Waals surface area contributed by atoms with Crippen LogP contribution in [-0.2, 0) is 13.6 Å². The lowest BCUT2D eigenvalue weighted by Crippen LogP contribution is -2.37. The summed E-state index contributed by atoms with van der Waals surface area (Å²) in [5.74, 6) is 0. The number of likely N-dealkylation sites (N-methyl/N-ethyl adjacent to an activating group) is 1. The minimum Gasteiger partial charge on any atom is -0.329 e. The van der Waals surface area contributed by atoms with Crippen LogP contribution >= 0.6 is 7.82 Å². The summed E-state index contributed by atoms with van der Waals surface area (Å²) in [7, 11) is 2.12. The van der Waals surface area contributed by atoms with Crippen LogP contribution in [0.25, 0.3) is 0 Å². The average Bonchev–Trinajstić information content (AvgIpc) is 2.50. The first-order chi connectivity index (χ1) is 11.7. The molecule has 0 heterocycles. The van der Waals surface area contributed by atoms with Crippen LogP contribution in [0.5, 0.6) is 0 Å². The molecule has 0 saturated heterocycles.